The Morgan fingerprint density at radius 1 is 0.946 bits per heavy atom. The molecule has 37 heavy (non-hydrogen) atoms. The second kappa shape index (κ2) is 9.39. The van der Waals surface area contributed by atoms with E-state index >= 15 is 0 Å². The highest BCUT2D eigenvalue weighted by molar-refractivity contribution is 6.22. The molecule has 0 aliphatic carbocycles. The summed E-state index contributed by atoms with van der Waals surface area (Å²) < 4.78 is 11.1. The van der Waals surface area contributed by atoms with Crippen LogP contribution in [0.15, 0.2) is 75.9 Å². The lowest BCUT2D eigenvalue weighted by molar-refractivity contribution is 0.0593. The van der Waals surface area contributed by atoms with Gasteiger partial charge in [-0.05, 0) is 74.0 Å². The first-order valence-electron chi connectivity index (χ1n) is 11.9. The molecule has 186 valence electrons. The summed E-state index contributed by atoms with van der Waals surface area (Å²) in [6.07, 6.45) is 0.645. The lowest BCUT2D eigenvalue weighted by Gasteiger charge is -2.20. The van der Waals surface area contributed by atoms with E-state index in [0.29, 0.717) is 45.7 Å². The fourth-order valence-electron chi connectivity index (χ4n) is 4.31. The number of anilines is 1. The van der Waals surface area contributed by atoms with Gasteiger partial charge in [-0.3, -0.25) is 24.1 Å². The molecule has 1 aromatic heterocycles. The number of methoxy groups -OCH3 is 1. The third kappa shape index (κ3) is 4.27. The second-order valence-electron chi connectivity index (χ2n) is 8.87. The monoisotopic (exact) mass is 496 g/mol. The number of nitrogens with one attached hydrogen (secondary N) is 1. The molecule has 0 saturated carbocycles. The summed E-state index contributed by atoms with van der Waals surface area (Å²) in [6, 6.07) is 17.6. The van der Waals surface area contributed by atoms with Crippen LogP contribution in [-0.4, -0.2) is 35.8 Å². The van der Waals surface area contributed by atoms with Crippen LogP contribution in [0.1, 0.15) is 51.3 Å². The molecule has 1 aliphatic heterocycles. The Kier molecular flexibility index (Phi) is 6.09. The summed E-state index contributed by atoms with van der Waals surface area (Å²) in [5.74, 6) is -0.169. The number of amides is 3. The van der Waals surface area contributed by atoms with Gasteiger partial charge in [-0.15, -0.1) is 0 Å². The third-order valence-electron chi connectivity index (χ3n) is 6.57. The maximum absolute atomic E-state index is 12.9. The summed E-state index contributed by atoms with van der Waals surface area (Å²) >= 11 is 0. The van der Waals surface area contributed by atoms with Crippen molar-refractivity contribution >= 4 is 34.4 Å². The van der Waals surface area contributed by atoms with Gasteiger partial charge in [-0.2, -0.15) is 0 Å². The standard InChI is InChI=1S/C29H24N2O6/c1-4-16(2)31-28(34)21-11-7-18(13-22(21)29(31)35)27(33)30-19-8-5-17(6-9-19)26-15-24(32)23-14-20(36-3)10-12-25(23)37-26/h5-16H,4H2,1-3H3,(H,30,33). The Balaban J connectivity index is 1.35. The Morgan fingerprint density at radius 2 is 1.68 bits per heavy atom. The van der Waals surface area contributed by atoms with Crippen LogP contribution in [0.2, 0.25) is 0 Å². The van der Waals surface area contributed by atoms with E-state index in [2.05, 4.69) is 5.32 Å². The van der Waals surface area contributed by atoms with E-state index in [4.69, 9.17) is 9.15 Å². The van der Waals surface area contributed by atoms with Crippen LogP contribution < -0.4 is 15.5 Å². The minimum absolute atomic E-state index is 0.191. The van der Waals surface area contributed by atoms with E-state index in [9.17, 15) is 19.2 Å². The predicted molar refractivity (Wildman–Crippen MR) is 139 cm³/mol. The summed E-state index contributed by atoms with van der Waals surface area (Å²) in [5.41, 5.74) is 2.25. The van der Waals surface area contributed by atoms with Crippen molar-refractivity contribution in [3.05, 3.63) is 93.6 Å². The number of rotatable bonds is 6. The van der Waals surface area contributed by atoms with Crippen molar-refractivity contribution < 1.29 is 23.5 Å². The molecule has 1 atom stereocenters. The molecule has 0 bridgehead atoms. The fraction of sp³-hybridized carbons (Fsp3) is 0.172. The molecule has 0 saturated heterocycles. The molecule has 1 N–H and O–H groups in total. The molecular weight excluding hydrogens is 472 g/mol. The van der Waals surface area contributed by atoms with Gasteiger partial charge in [0.2, 0.25) is 0 Å². The largest absolute Gasteiger partial charge is 0.497 e. The Bertz CT molecular complexity index is 1620. The number of hydrogen-bond acceptors (Lipinski definition) is 6. The smallest absolute Gasteiger partial charge is 0.261 e. The summed E-state index contributed by atoms with van der Waals surface area (Å²) in [5, 5.41) is 3.22. The Labute approximate surface area is 212 Å². The number of fused-ring (bicyclic) bond motifs is 2. The van der Waals surface area contributed by atoms with Crippen LogP contribution in [0.3, 0.4) is 0 Å². The molecule has 3 amide bonds. The first-order valence-corrected chi connectivity index (χ1v) is 11.9. The van der Waals surface area contributed by atoms with Crippen LogP contribution in [0.4, 0.5) is 5.69 Å². The highest BCUT2D eigenvalue weighted by Crippen LogP contribution is 2.28. The van der Waals surface area contributed by atoms with E-state index < -0.39 is 5.91 Å². The molecular formula is C29H24N2O6. The molecule has 0 fully saturated rings. The SMILES string of the molecule is CCC(C)N1C(=O)c2ccc(C(=O)Nc3ccc(-c4cc(=O)c5cc(OC)ccc5o4)cc3)cc2C1=O. The van der Waals surface area contributed by atoms with Gasteiger partial charge in [0.15, 0.2) is 5.43 Å². The zero-order valence-electron chi connectivity index (χ0n) is 20.5. The van der Waals surface area contributed by atoms with Gasteiger partial charge in [-0.25, -0.2) is 0 Å². The highest BCUT2D eigenvalue weighted by atomic mass is 16.5. The molecule has 1 unspecified atom stereocenters. The number of carbonyl (C=O) groups excluding carboxylic acids is 3. The molecule has 5 rings (SSSR count). The molecule has 8 nitrogen and oxygen atoms in total. The van der Waals surface area contributed by atoms with Gasteiger partial charge in [0.1, 0.15) is 17.1 Å². The number of imide groups is 1. The number of ether oxygens (including phenoxy) is 1. The normalized spacial score (nSPS) is 13.5. The number of benzene rings is 3. The maximum atomic E-state index is 12.9. The van der Waals surface area contributed by atoms with Gasteiger partial charge in [-0.1, -0.05) is 6.92 Å². The molecule has 1 aliphatic rings. The van der Waals surface area contributed by atoms with Crippen molar-refractivity contribution in [2.75, 3.05) is 12.4 Å². The van der Waals surface area contributed by atoms with Crippen LogP contribution >= 0.6 is 0 Å². The van der Waals surface area contributed by atoms with Crippen molar-refractivity contribution in [2.45, 2.75) is 26.3 Å². The van der Waals surface area contributed by atoms with Crippen LogP contribution in [0.25, 0.3) is 22.3 Å². The van der Waals surface area contributed by atoms with Crippen molar-refractivity contribution in [2.24, 2.45) is 0 Å². The fourth-order valence-corrected chi connectivity index (χ4v) is 4.31. The van der Waals surface area contributed by atoms with E-state index in [-0.39, 0.29) is 34.4 Å². The van der Waals surface area contributed by atoms with Crippen LogP contribution in [0.5, 0.6) is 5.75 Å². The Hall–Kier alpha value is -4.72. The van der Waals surface area contributed by atoms with E-state index in [0.717, 1.165) is 0 Å². The maximum Gasteiger partial charge on any atom is 0.261 e. The molecule has 3 aromatic carbocycles. The first-order chi connectivity index (χ1) is 17.8. The molecule has 8 heteroatoms. The summed E-state index contributed by atoms with van der Waals surface area (Å²) in [4.78, 5) is 52.1. The molecule has 2 heterocycles. The predicted octanol–water partition coefficient (Wildman–Crippen LogP) is 5.12. The topological polar surface area (TPSA) is 106 Å². The lowest BCUT2D eigenvalue weighted by atomic mass is 10.1. The summed E-state index contributed by atoms with van der Waals surface area (Å²) in [6.45, 7) is 3.72. The van der Waals surface area contributed by atoms with E-state index in [1.165, 1.54) is 36.3 Å². The highest BCUT2D eigenvalue weighted by Gasteiger charge is 2.38. The van der Waals surface area contributed by atoms with Gasteiger partial charge in [0.05, 0.1) is 23.6 Å². The Morgan fingerprint density at radius 3 is 2.38 bits per heavy atom. The number of nitrogens with zero attached hydrogens (tertiary/aromatic N) is 1. The van der Waals surface area contributed by atoms with Gasteiger partial charge < -0.3 is 14.5 Å². The lowest BCUT2D eigenvalue weighted by Crippen LogP contribution is -2.37. The molecule has 0 radical (unpaired) electrons. The van der Waals surface area contributed by atoms with E-state index in [1.54, 1.807) is 42.5 Å². The van der Waals surface area contributed by atoms with Crippen molar-refractivity contribution in [3.8, 4) is 17.1 Å². The first kappa shape index (κ1) is 24.0. The van der Waals surface area contributed by atoms with Gasteiger partial charge in [0, 0.05) is 28.9 Å². The average molecular weight is 497 g/mol. The second-order valence-corrected chi connectivity index (χ2v) is 8.87. The third-order valence-corrected chi connectivity index (χ3v) is 6.57. The zero-order chi connectivity index (χ0) is 26.3. The van der Waals surface area contributed by atoms with Crippen LogP contribution in [0, 0.1) is 0 Å². The molecule has 0 spiro atoms. The van der Waals surface area contributed by atoms with Gasteiger partial charge >= 0.3 is 0 Å². The molecule has 4 aromatic rings. The quantitative estimate of drug-likeness (QED) is 0.372. The van der Waals surface area contributed by atoms with Crippen LogP contribution in [-0.2, 0) is 0 Å². The van der Waals surface area contributed by atoms with E-state index in [1.807, 2.05) is 13.8 Å². The van der Waals surface area contributed by atoms with Crippen molar-refractivity contribution in [1.29, 1.82) is 0 Å². The number of carbonyl (C=O) groups is 3. The minimum atomic E-state index is -0.413. The van der Waals surface area contributed by atoms with Gasteiger partial charge in [0.25, 0.3) is 17.7 Å². The number of hydrogen-bond donors (Lipinski definition) is 1. The van der Waals surface area contributed by atoms with Crippen molar-refractivity contribution in [1.82, 2.24) is 4.90 Å². The summed E-state index contributed by atoms with van der Waals surface area (Å²) in [7, 11) is 1.53. The zero-order valence-corrected chi connectivity index (χ0v) is 20.5. The minimum Gasteiger partial charge on any atom is -0.497 e. The average Bonchev–Trinajstić information content (AvgIpc) is 3.17. The van der Waals surface area contributed by atoms with Crippen molar-refractivity contribution in [3.63, 3.8) is 0 Å².